The third-order valence-corrected chi connectivity index (χ3v) is 10.7. The van der Waals surface area contributed by atoms with E-state index >= 15 is 0 Å². The number of benzene rings is 8. The summed E-state index contributed by atoms with van der Waals surface area (Å²) in [6.07, 6.45) is 0. The predicted octanol–water partition coefficient (Wildman–Crippen LogP) is 13.2. The minimum Gasteiger partial charge on any atom is -0.455 e. The molecule has 0 spiro atoms. The molecule has 0 aliphatic heterocycles. The van der Waals surface area contributed by atoms with E-state index in [1.165, 1.54) is 66.1 Å². The molecular weight excluding hydrogens is 581 g/mol. The van der Waals surface area contributed by atoms with Crippen molar-refractivity contribution in [1.82, 2.24) is 0 Å². The molecule has 0 radical (unpaired) electrons. The molecule has 0 amide bonds. The molecule has 1 nitrogen and oxygen atoms in total. The Bertz CT molecular complexity index is 2690. The van der Waals surface area contributed by atoms with Crippen molar-refractivity contribution < 1.29 is 4.42 Å². The quantitative estimate of drug-likeness (QED) is 0.181. The Hall–Kier alpha value is -5.92. The summed E-state index contributed by atoms with van der Waals surface area (Å²) in [5, 5.41) is 7.29. The van der Waals surface area contributed by atoms with Crippen LogP contribution >= 0.6 is 0 Å². The fourth-order valence-electron chi connectivity index (χ4n) is 8.49. The van der Waals surface area contributed by atoms with E-state index in [1.807, 2.05) is 0 Å². The summed E-state index contributed by atoms with van der Waals surface area (Å²) >= 11 is 0. The van der Waals surface area contributed by atoms with Gasteiger partial charge in [-0.1, -0.05) is 153 Å². The first-order valence-corrected chi connectivity index (χ1v) is 16.8. The van der Waals surface area contributed by atoms with Crippen molar-refractivity contribution in [2.45, 2.75) is 19.3 Å². The molecule has 0 saturated heterocycles. The summed E-state index contributed by atoms with van der Waals surface area (Å²) in [4.78, 5) is 0. The van der Waals surface area contributed by atoms with Gasteiger partial charge < -0.3 is 4.42 Å². The molecule has 0 fully saturated rings. The Morgan fingerprint density at radius 2 is 0.958 bits per heavy atom. The first kappa shape index (κ1) is 27.2. The Labute approximate surface area is 279 Å². The number of para-hydroxylation sites is 1. The Balaban J connectivity index is 1.30. The highest BCUT2D eigenvalue weighted by atomic mass is 16.3. The van der Waals surface area contributed by atoms with E-state index in [4.69, 9.17) is 4.42 Å². The maximum Gasteiger partial charge on any atom is 0.143 e. The predicted molar refractivity (Wildman–Crippen MR) is 203 cm³/mol. The zero-order chi connectivity index (χ0) is 32.0. The van der Waals surface area contributed by atoms with Gasteiger partial charge in [0.25, 0.3) is 0 Å². The van der Waals surface area contributed by atoms with Crippen molar-refractivity contribution in [3.05, 3.63) is 169 Å². The molecule has 0 saturated carbocycles. The van der Waals surface area contributed by atoms with Gasteiger partial charge in [-0.05, 0) is 89.8 Å². The van der Waals surface area contributed by atoms with Gasteiger partial charge in [0.05, 0.1) is 0 Å². The van der Waals surface area contributed by atoms with Crippen molar-refractivity contribution in [1.29, 1.82) is 0 Å². The molecule has 9 aromatic rings. The second kappa shape index (κ2) is 10.0. The second-order valence-electron chi connectivity index (χ2n) is 13.6. The van der Waals surface area contributed by atoms with Gasteiger partial charge in [-0.15, -0.1) is 0 Å². The van der Waals surface area contributed by atoms with Crippen LogP contribution in [0.1, 0.15) is 25.0 Å². The lowest BCUT2D eigenvalue weighted by atomic mass is 9.81. The van der Waals surface area contributed by atoms with E-state index in [-0.39, 0.29) is 5.41 Å². The van der Waals surface area contributed by atoms with Crippen LogP contribution in [-0.2, 0) is 5.41 Å². The molecule has 8 aromatic carbocycles. The zero-order valence-corrected chi connectivity index (χ0v) is 26.9. The smallest absolute Gasteiger partial charge is 0.143 e. The summed E-state index contributed by atoms with van der Waals surface area (Å²) in [6, 6.07) is 57.5. The van der Waals surface area contributed by atoms with E-state index in [0.29, 0.717) is 0 Å². The maximum absolute atomic E-state index is 6.71. The van der Waals surface area contributed by atoms with Crippen molar-refractivity contribution >= 4 is 43.5 Å². The van der Waals surface area contributed by atoms with E-state index in [9.17, 15) is 0 Å². The zero-order valence-electron chi connectivity index (χ0n) is 26.9. The molecule has 1 aliphatic rings. The number of hydrogen-bond donors (Lipinski definition) is 0. The normalized spacial score (nSPS) is 13.4. The number of furan rings is 1. The lowest BCUT2D eigenvalue weighted by molar-refractivity contribution is 0.660. The highest BCUT2D eigenvalue weighted by Gasteiger charge is 2.35. The van der Waals surface area contributed by atoms with E-state index in [0.717, 1.165) is 33.1 Å². The van der Waals surface area contributed by atoms with Gasteiger partial charge in [0.15, 0.2) is 0 Å². The molecule has 1 aromatic heterocycles. The molecule has 1 heterocycles. The molecule has 226 valence electrons. The van der Waals surface area contributed by atoms with Crippen LogP contribution in [-0.4, -0.2) is 0 Å². The van der Waals surface area contributed by atoms with Gasteiger partial charge in [0.2, 0.25) is 0 Å². The summed E-state index contributed by atoms with van der Waals surface area (Å²) < 4.78 is 6.71. The fourth-order valence-corrected chi connectivity index (χ4v) is 8.49. The molecule has 1 heteroatoms. The average Bonchev–Trinajstić information content (AvgIpc) is 3.63. The van der Waals surface area contributed by atoms with E-state index in [1.54, 1.807) is 0 Å². The van der Waals surface area contributed by atoms with Gasteiger partial charge in [0, 0.05) is 21.8 Å². The monoisotopic (exact) mass is 612 g/mol. The van der Waals surface area contributed by atoms with Crippen molar-refractivity contribution in [3.8, 4) is 44.5 Å². The molecule has 1 aliphatic carbocycles. The SMILES string of the molecule is CC1(C)c2ccccc2-c2cc(-c3c4ccccc4c(-c4ccc(-c5ccccc5)c5oc6ccccc6c45)c4ccccc34)ccc21. The first-order valence-electron chi connectivity index (χ1n) is 16.8. The van der Waals surface area contributed by atoms with Crippen LogP contribution in [0, 0.1) is 0 Å². The summed E-state index contributed by atoms with van der Waals surface area (Å²) in [5.41, 5.74) is 14.5. The van der Waals surface area contributed by atoms with Crippen LogP contribution in [0.5, 0.6) is 0 Å². The molecule has 0 bridgehead atoms. The highest BCUT2D eigenvalue weighted by Crippen LogP contribution is 2.52. The summed E-state index contributed by atoms with van der Waals surface area (Å²) in [7, 11) is 0. The maximum atomic E-state index is 6.71. The van der Waals surface area contributed by atoms with Crippen LogP contribution < -0.4 is 0 Å². The Kier molecular flexibility index (Phi) is 5.69. The second-order valence-corrected chi connectivity index (χ2v) is 13.6. The lowest BCUT2D eigenvalue weighted by Gasteiger charge is -2.22. The fraction of sp³-hybridized carbons (Fsp3) is 0.0638. The van der Waals surface area contributed by atoms with Crippen LogP contribution in [0.25, 0.3) is 88.0 Å². The molecule has 48 heavy (non-hydrogen) atoms. The third kappa shape index (κ3) is 3.73. The number of fused-ring (bicyclic) bond motifs is 8. The average molecular weight is 613 g/mol. The van der Waals surface area contributed by atoms with Gasteiger partial charge in [-0.3, -0.25) is 0 Å². The van der Waals surface area contributed by atoms with Gasteiger partial charge >= 0.3 is 0 Å². The van der Waals surface area contributed by atoms with Crippen LogP contribution in [0.2, 0.25) is 0 Å². The number of rotatable bonds is 3. The van der Waals surface area contributed by atoms with Crippen molar-refractivity contribution in [3.63, 3.8) is 0 Å². The molecule has 0 unspecified atom stereocenters. The number of hydrogen-bond acceptors (Lipinski definition) is 1. The Morgan fingerprint density at radius 3 is 1.69 bits per heavy atom. The standard InChI is InChI=1S/C47H32O/c1-47(2)40-22-12-10-16-32(40)39-28-30(24-27-41(39)47)43-33-17-6-8-19-35(33)44(36-20-9-7-18-34(36)43)38-26-25-31(29-14-4-3-5-15-29)46-45(38)37-21-11-13-23-42(37)48-46/h3-28H,1-2H3. The van der Waals surface area contributed by atoms with E-state index in [2.05, 4.69) is 172 Å². The molecule has 10 rings (SSSR count). The third-order valence-electron chi connectivity index (χ3n) is 10.7. The summed E-state index contributed by atoms with van der Waals surface area (Å²) in [5.74, 6) is 0. The highest BCUT2D eigenvalue weighted by molar-refractivity contribution is 6.26. The van der Waals surface area contributed by atoms with Gasteiger partial charge in [-0.25, -0.2) is 0 Å². The topological polar surface area (TPSA) is 13.1 Å². The first-order chi connectivity index (χ1) is 23.6. The van der Waals surface area contributed by atoms with Crippen LogP contribution in [0.15, 0.2) is 162 Å². The molecule has 0 atom stereocenters. The molecular formula is C47H32O. The van der Waals surface area contributed by atoms with Crippen LogP contribution in [0.4, 0.5) is 0 Å². The lowest BCUT2D eigenvalue weighted by Crippen LogP contribution is -2.14. The largest absolute Gasteiger partial charge is 0.455 e. The van der Waals surface area contributed by atoms with Gasteiger partial charge in [-0.2, -0.15) is 0 Å². The Morgan fingerprint density at radius 1 is 0.396 bits per heavy atom. The van der Waals surface area contributed by atoms with Crippen molar-refractivity contribution in [2.75, 3.05) is 0 Å². The van der Waals surface area contributed by atoms with Gasteiger partial charge in [0.1, 0.15) is 11.2 Å². The molecule has 0 N–H and O–H groups in total. The minimum atomic E-state index is -0.0247. The summed E-state index contributed by atoms with van der Waals surface area (Å²) in [6.45, 7) is 4.70. The minimum absolute atomic E-state index is 0.0247. The van der Waals surface area contributed by atoms with Crippen molar-refractivity contribution in [2.24, 2.45) is 0 Å². The van der Waals surface area contributed by atoms with E-state index < -0.39 is 0 Å². The van der Waals surface area contributed by atoms with Crippen LogP contribution in [0.3, 0.4) is 0 Å².